The Kier molecular flexibility index (Phi) is 8.90. The van der Waals surface area contributed by atoms with E-state index in [9.17, 15) is 19.5 Å². The van der Waals surface area contributed by atoms with Gasteiger partial charge in [-0.15, -0.1) is 11.8 Å². The summed E-state index contributed by atoms with van der Waals surface area (Å²) in [5, 5.41) is 12.1. The summed E-state index contributed by atoms with van der Waals surface area (Å²) in [5.41, 5.74) is 2.63. The highest BCUT2D eigenvalue weighted by atomic mass is 32.2. The Morgan fingerprint density at radius 2 is 1.73 bits per heavy atom. The zero-order chi connectivity index (χ0) is 21.9. The standard InChI is InChI=1S/C23H23NO5S/c1-3-29-23(28)18-9-11-19(12-10-18)24-21(25)15-30-20(22(26)27)14-16(2)13-17-7-5-4-6-8-17/h4-14H,3,15H2,1-2H3,(H,24,25)(H,26,27)/b16-13+,20-14+. The maximum absolute atomic E-state index is 12.2. The molecule has 0 saturated heterocycles. The van der Waals surface area contributed by atoms with Crippen molar-refractivity contribution in [2.75, 3.05) is 17.7 Å². The third-order valence-electron chi connectivity index (χ3n) is 3.80. The number of aliphatic carboxylic acids is 1. The first-order valence-corrected chi connectivity index (χ1v) is 10.3. The minimum Gasteiger partial charge on any atom is -0.477 e. The summed E-state index contributed by atoms with van der Waals surface area (Å²) < 4.78 is 4.91. The van der Waals surface area contributed by atoms with E-state index in [1.807, 2.05) is 43.3 Å². The average Bonchev–Trinajstić information content (AvgIpc) is 2.72. The zero-order valence-corrected chi connectivity index (χ0v) is 17.6. The number of anilines is 1. The fourth-order valence-corrected chi connectivity index (χ4v) is 3.22. The highest BCUT2D eigenvalue weighted by Crippen LogP contribution is 2.20. The van der Waals surface area contributed by atoms with Crippen molar-refractivity contribution >= 4 is 41.4 Å². The number of carboxylic acids is 1. The monoisotopic (exact) mass is 425 g/mol. The quantitative estimate of drug-likeness (QED) is 0.346. The maximum atomic E-state index is 12.2. The maximum Gasteiger partial charge on any atom is 0.342 e. The number of rotatable bonds is 9. The number of nitrogens with one attached hydrogen (secondary N) is 1. The number of carboxylic acid groups (broad SMARTS) is 1. The number of allylic oxidation sites excluding steroid dienone is 2. The lowest BCUT2D eigenvalue weighted by atomic mass is 10.1. The molecule has 0 aliphatic carbocycles. The SMILES string of the molecule is CCOC(=O)c1ccc(NC(=O)CS/C(=C/C(C)=C/c2ccccc2)C(=O)O)cc1. The van der Waals surface area contributed by atoms with Crippen LogP contribution < -0.4 is 5.32 Å². The summed E-state index contributed by atoms with van der Waals surface area (Å²) >= 11 is 0.945. The molecule has 0 atom stereocenters. The van der Waals surface area contributed by atoms with E-state index < -0.39 is 11.9 Å². The second-order valence-corrected chi connectivity index (χ2v) is 7.26. The van der Waals surface area contributed by atoms with E-state index in [1.54, 1.807) is 37.3 Å². The van der Waals surface area contributed by atoms with Crippen LogP contribution in [0.2, 0.25) is 0 Å². The summed E-state index contributed by atoms with van der Waals surface area (Å²) in [4.78, 5) is 35.4. The minimum atomic E-state index is -1.09. The molecule has 0 bridgehead atoms. The third kappa shape index (κ3) is 7.60. The van der Waals surface area contributed by atoms with Crippen molar-refractivity contribution in [1.29, 1.82) is 0 Å². The molecule has 7 heteroatoms. The molecule has 0 saturated carbocycles. The molecule has 0 aromatic heterocycles. The summed E-state index contributed by atoms with van der Waals surface area (Å²) in [5.74, 6) is -1.93. The Balaban J connectivity index is 1.96. The Bertz CT molecular complexity index is 949. The molecular formula is C23H23NO5S. The lowest BCUT2D eigenvalue weighted by Crippen LogP contribution is -2.15. The molecule has 0 aliphatic rings. The number of carbonyl (C=O) groups excluding carboxylic acids is 2. The summed E-state index contributed by atoms with van der Waals surface area (Å²) in [6.45, 7) is 3.82. The van der Waals surface area contributed by atoms with Crippen LogP contribution in [0.5, 0.6) is 0 Å². The van der Waals surface area contributed by atoms with E-state index in [0.29, 0.717) is 11.3 Å². The second-order valence-electron chi connectivity index (χ2n) is 6.25. The number of hydrogen-bond donors (Lipinski definition) is 2. The Hall–Kier alpha value is -3.32. The van der Waals surface area contributed by atoms with E-state index in [0.717, 1.165) is 22.9 Å². The number of thioether (sulfide) groups is 1. The van der Waals surface area contributed by atoms with Gasteiger partial charge in [0.05, 0.1) is 22.8 Å². The molecule has 2 aromatic rings. The molecule has 6 nitrogen and oxygen atoms in total. The van der Waals surface area contributed by atoms with Gasteiger partial charge in [0, 0.05) is 5.69 Å². The van der Waals surface area contributed by atoms with Crippen molar-refractivity contribution < 1.29 is 24.2 Å². The highest BCUT2D eigenvalue weighted by molar-refractivity contribution is 8.04. The minimum absolute atomic E-state index is 0.0591. The average molecular weight is 426 g/mol. The number of ether oxygens (including phenoxy) is 1. The van der Waals surface area contributed by atoms with Crippen molar-refractivity contribution in [3.63, 3.8) is 0 Å². The first-order chi connectivity index (χ1) is 14.4. The van der Waals surface area contributed by atoms with Crippen molar-refractivity contribution in [3.05, 3.63) is 82.3 Å². The molecule has 30 heavy (non-hydrogen) atoms. The van der Waals surface area contributed by atoms with Crippen LogP contribution in [0.4, 0.5) is 5.69 Å². The van der Waals surface area contributed by atoms with Crippen LogP contribution >= 0.6 is 11.8 Å². The lowest BCUT2D eigenvalue weighted by molar-refractivity contribution is -0.131. The van der Waals surface area contributed by atoms with Crippen molar-refractivity contribution in [1.82, 2.24) is 0 Å². The normalized spacial score (nSPS) is 11.7. The fraction of sp³-hybridized carbons (Fsp3) is 0.174. The molecular weight excluding hydrogens is 402 g/mol. The zero-order valence-electron chi connectivity index (χ0n) is 16.8. The van der Waals surface area contributed by atoms with Crippen molar-refractivity contribution in [2.45, 2.75) is 13.8 Å². The van der Waals surface area contributed by atoms with E-state index in [-0.39, 0.29) is 23.2 Å². The van der Waals surface area contributed by atoms with Crippen LogP contribution in [0.15, 0.2) is 71.2 Å². The molecule has 0 radical (unpaired) electrons. The van der Waals surface area contributed by atoms with E-state index in [2.05, 4.69) is 5.32 Å². The highest BCUT2D eigenvalue weighted by Gasteiger charge is 2.12. The lowest BCUT2D eigenvalue weighted by Gasteiger charge is -2.07. The van der Waals surface area contributed by atoms with Gasteiger partial charge in [-0.25, -0.2) is 9.59 Å². The van der Waals surface area contributed by atoms with E-state index >= 15 is 0 Å². The molecule has 0 aliphatic heterocycles. The molecule has 156 valence electrons. The number of benzene rings is 2. The van der Waals surface area contributed by atoms with Gasteiger partial charge in [-0.2, -0.15) is 0 Å². The second kappa shape index (κ2) is 11.6. The largest absolute Gasteiger partial charge is 0.477 e. The van der Waals surface area contributed by atoms with Crippen molar-refractivity contribution in [2.24, 2.45) is 0 Å². The molecule has 0 heterocycles. The summed E-state index contributed by atoms with van der Waals surface area (Å²) in [7, 11) is 0. The van der Waals surface area contributed by atoms with Gasteiger partial charge in [-0.05, 0) is 55.3 Å². The predicted molar refractivity (Wildman–Crippen MR) is 119 cm³/mol. The van der Waals surface area contributed by atoms with Crippen LogP contribution in [0.1, 0.15) is 29.8 Å². The van der Waals surface area contributed by atoms with Crippen LogP contribution in [-0.2, 0) is 14.3 Å². The molecule has 1 amide bonds. The number of amides is 1. The van der Waals surface area contributed by atoms with Crippen molar-refractivity contribution in [3.8, 4) is 0 Å². The Labute approximate surface area is 179 Å². The van der Waals surface area contributed by atoms with Gasteiger partial charge in [0.15, 0.2) is 0 Å². The van der Waals surface area contributed by atoms with Gasteiger partial charge >= 0.3 is 11.9 Å². The smallest absolute Gasteiger partial charge is 0.342 e. The van der Waals surface area contributed by atoms with Crippen LogP contribution in [0.25, 0.3) is 6.08 Å². The molecule has 2 N–H and O–H groups in total. The number of hydrogen-bond acceptors (Lipinski definition) is 5. The van der Waals surface area contributed by atoms with Crippen LogP contribution in [-0.4, -0.2) is 35.3 Å². The van der Waals surface area contributed by atoms with Gasteiger partial charge in [-0.1, -0.05) is 36.4 Å². The first-order valence-electron chi connectivity index (χ1n) is 9.27. The first kappa shape index (κ1) is 23.0. The van der Waals surface area contributed by atoms with Crippen LogP contribution in [0.3, 0.4) is 0 Å². The third-order valence-corrected chi connectivity index (χ3v) is 4.81. The topological polar surface area (TPSA) is 92.7 Å². The molecule has 0 unspecified atom stereocenters. The van der Waals surface area contributed by atoms with Gasteiger partial charge in [-0.3, -0.25) is 4.79 Å². The number of carbonyl (C=O) groups is 3. The number of esters is 1. The van der Waals surface area contributed by atoms with Gasteiger partial charge in [0.2, 0.25) is 5.91 Å². The predicted octanol–water partition coefficient (Wildman–Crippen LogP) is 4.61. The Morgan fingerprint density at radius 3 is 2.33 bits per heavy atom. The molecule has 2 aromatic carbocycles. The van der Waals surface area contributed by atoms with E-state index in [4.69, 9.17) is 4.74 Å². The fourth-order valence-electron chi connectivity index (χ4n) is 2.47. The molecule has 0 spiro atoms. The van der Waals surface area contributed by atoms with Gasteiger partial charge in [0.25, 0.3) is 0 Å². The molecule has 2 rings (SSSR count). The van der Waals surface area contributed by atoms with Crippen LogP contribution in [0, 0.1) is 0 Å². The van der Waals surface area contributed by atoms with Gasteiger partial charge < -0.3 is 15.2 Å². The summed E-state index contributed by atoms with van der Waals surface area (Å²) in [6.07, 6.45) is 3.41. The molecule has 0 fully saturated rings. The Morgan fingerprint density at radius 1 is 1.07 bits per heavy atom. The van der Waals surface area contributed by atoms with E-state index in [1.165, 1.54) is 0 Å². The summed E-state index contributed by atoms with van der Waals surface area (Å²) in [6, 6.07) is 15.9. The van der Waals surface area contributed by atoms with Gasteiger partial charge in [0.1, 0.15) is 0 Å².